The van der Waals surface area contributed by atoms with E-state index in [1.165, 1.54) is 29.7 Å². The first-order valence-electron chi connectivity index (χ1n) is 11.2. The van der Waals surface area contributed by atoms with Gasteiger partial charge in [-0.2, -0.15) is 4.31 Å². The van der Waals surface area contributed by atoms with E-state index in [2.05, 4.69) is 0 Å². The van der Waals surface area contributed by atoms with E-state index >= 15 is 0 Å². The third-order valence-electron chi connectivity index (χ3n) is 5.91. The Morgan fingerprint density at radius 3 is 2.08 bits per heavy atom. The van der Waals surface area contributed by atoms with Gasteiger partial charge in [0, 0.05) is 30.2 Å². The maximum atomic E-state index is 14.8. The average Bonchev–Trinajstić information content (AvgIpc) is 2.93. The molecule has 3 aromatic carbocycles. The normalized spacial score (nSPS) is 16.1. The SMILES string of the molecule is O=C(NO)[C@H]1CN(C(=O)c2cc(F)c(O)c(F)c2)CCN1S(=O)(=O)c1cc(F)c(Oc2ccc(Cl)cc2)c(F)c1. The van der Waals surface area contributed by atoms with Gasteiger partial charge in [0.2, 0.25) is 10.0 Å². The van der Waals surface area contributed by atoms with Crippen LogP contribution in [0.25, 0.3) is 0 Å². The van der Waals surface area contributed by atoms with Crippen LogP contribution >= 0.6 is 11.6 Å². The number of sulfonamides is 1. The summed E-state index contributed by atoms with van der Waals surface area (Å²) in [6.07, 6.45) is 0. The molecule has 1 atom stereocenters. The fraction of sp³-hybridized carbons (Fsp3) is 0.167. The largest absolute Gasteiger partial charge is 0.503 e. The Hall–Kier alpha value is -3.92. The summed E-state index contributed by atoms with van der Waals surface area (Å²) in [5.41, 5.74) is 0.714. The number of aromatic hydroxyl groups is 1. The lowest BCUT2D eigenvalue weighted by Gasteiger charge is -2.39. The van der Waals surface area contributed by atoms with Crippen molar-refractivity contribution >= 4 is 33.4 Å². The summed E-state index contributed by atoms with van der Waals surface area (Å²) < 4.78 is 89.5. The van der Waals surface area contributed by atoms with E-state index in [-0.39, 0.29) is 5.75 Å². The molecule has 4 rings (SSSR count). The topological polar surface area (TPSA) is 136 Å². The zero-order valence-electron chi connectivity index (χ0n) is 19.9. The molecule has 3 aromatic rings. The number of rotatable bonds is 6. The highest BCUT2D eigenvalue weighted by molar-refractivity contribution is 7.89. The molecule has 10 nitrogen and oxygen atoms in total. The first-order chi connectivity index (χ1) is 18.8. The Balaban J connectivity index is 1.62. The van der Waals surface area contributed by atoms with Crippen LogP contribution in [-0.2, 0) is 14.8 Å². The molecular weight excluding hydrogens is 586 g/mol. The number of halogens is 5. The summed E-state index contributed by atoms with van der Waals surface area (Å²) in [5, 5.41) is 18.8. The Morgan fingerprint density at radius 2 is 1.52 bits per heavy atom. The molecule has 0 saturated carbocycles. The van der Waals surface area contributed by atoms with Gasteiger partial charge in [-0.3, -0.25) is 14.8 Å². The first kappa shape index (κ1) is 29.1. The number of piperazine rings is 1. The van der Waals surface area contributed by atoms with Gasteiger partial charge in [0.25, 0.3) is 11.8 Å². The predicted molar refractivity (Wildman–Crippen MR) is 129 cm³/mol. The third-order valence-corrected chi connectivity index (χ3v) is 8.05. The minimum Gasteiger partial charge on any atom is -0.503 e. The molecule has 40 heavy (non-hydrogen) atoms. The Bertz CT molecular complexity index is 1550. The quantitative estimate of drug-likeness (QED) is 0.223. The molecule has 2 amide bonds. The zero-order valence-corrected chi connectivity index (χ0v) is 21.5. The van der Waals surface area contributed by atoms with Gasteiger partial charge in [-0.25, -0.2) is 31.5 Å². The molecule has 0 radical (unpaired) electrons. The molecular formula is C24H18ClF4N3O7S. The molecule has 0 aliphatic carbocycles. The Labute approximate surface area is 229 Å². The molecule has 1 saturated heterocycles. The first-order valence-corrected chi connectivity index (χ1v) is 13.0. The van der Waals surface area contributed by atoms with Crippen LogP contribution in [0.1, 0.15) is 10.4 Å². The molecule has 0 spiro atoms. The van der Waals surface area contributed by atoms with E-state index in [0.717, 1.165) is 4.90 Å². The molecule has 0 unspecified atom stereocenters. The number of benzene rings is 3. The van der Waals surface area contributed by atoms with Crippen molar-refractivity contribution in [1.82, 2.24) is 14.7 Å². The summed E-state index contributed by atoms with van der Waals surface area (Å²) in [5.74, 6) is -10.2. The number of hydrogen-bond donors (Lipinski definition) is 3. The number of ether oxygens (including phenoxy) is 1. The van der Waals surface area contributed by atoms with Crippen LogP contribution in [0.15, 0.2) is 53.4 Å². The van der Waals surface area contributed by atoms with Crippen LogP contribution in [0, 0.1) is 23.3 Å². The number of carbonyl (C=O) groups is 2. The average molecular weight is 604 g/mol. The lowest BCUT2D eigenvalue weighted by atomic mass is 10.1. The van der Waals surface area contributed by atoms with Gasteiger partial charge in [0.05, 0.1) is 4.90 Å². The van der Waals surface area contributed by atoms with Crippen LogP contribution in [0.4, 0.5) is 17.6 Å². The molecule has 1 aliphatic rings. The summed E-state index contributed by atoms with van der Waals surface area (Å²) in [6, 6.07) is 5.67. The number of nitrogens with zero attached hydrogens (tertiary/aromatic N) is 2. The molecule has 3 N–H and O–H groups in total. The predicted octanol–water partition coefficient (Wildman–Crippen LogP) is 3.42. The highest BCUT2D eigenvalue weighted by Gasteiger charge is 2.42. The van der Waals surface area contributed by atoms with Crippen molar-refractivity contribution in [2.75, 3.05) is 19.6 Å². The summed E-state index contributed by atoms with van der Waals surface area (Å²) in [7, 11) is -4.82. The minimum absolute atomic E-state index is 0.00617. The summed E-state index contributed by atoms with van der Waals surface area (Å²) >= 11 is 5.76. The lowest BCUT2D eigenvalue weighted by molar-refractivity contribution is -0.134. The van der Waals surface area contributed by atoms with Crippen molar-refractivity contribution in [2.45, 2.75) is 10.9 Å². The standard InChI is InChI=1S/C24H18ClF4N3O7S/c25-13-1-3-14(4-2-13)39-22-18(28)9-15(10-19(22)29)40(37,38)32-6-5-31(11-20(32)23(34)30-36)24(35)12-7-16(26)21(33)17(27)8-12/h1-4,7-10,20,33,36H,5-6,11H2,(H,30,34)/t20-/m1/s1. The van der Waals surface area contributed by atoms with E-state index in [4.69, 9.17) is 16.3 Å². The number of carbonyl (C=O) groups excluding carboxylic acids is 2. The molecule has 1 fully saturated rings. The number of nitrogens with one attached hydrogen (secondary N) is 1. The van der Waals surface area contributed by atoms with E-state index < -0.39 is 92.7 Å². The van der Waals surface area contributed by atoms with Crippen LogP contribution in [-0.4, -0.2) is 65.4 Å². The number of phenolic OH excluding ortho intramolecular Hbond substituents is 1. The van der Waals surface area contributed by atoms with Gasteiger partial charge < -0.3 is 14.7 Å². The molecule has 0 aromatic heterocycles. The van der Waals surface area contributed by atoms with E-state index in [1.54, 1.807) is 0 Å². The summed E-state index contributed by atoms with van der Waals surface area (Å²) in [4.78, 5) is 25.2. The van der Waals surface area contributed by atoms with Crippen molar-refractivity contribution in [3.05, 3.63) is 82.4 Å². The van der Waals surface area contributed by atoms with Crippen LogP contribution < -0.4 is 10.2 Å². The second-order valence-electron chi connectivity index (χ2n) is 8.42. The molecule has 212 valence electrons. The van der Waals surface area contributed by atoms with Gasteiger partial charge >= 0.3 is 0 Å². The Kier molecular flexibility index (Phi) is 8.20. The highest BCUT2D eigenvalue weighted by Crippen LogP contribution is 2.32. The van der Waals surface area contributed by atoms with Gasteiger partial charge in [0.1, 0.15) is 11.8 Å². The van der Waals surface area contributed by atoms with Crippen molar-refractivity contribution in [3.8, 4) is 17.2 Å². The van der Waals surface area contributed by atoms with Crippen molar-refractivity contribution in [3.63, 3.8) is 0 Å². The zero-order chi connectivity index (χ0) is 29.4. The molecule has 16 heteroatoms. The van der Waals surface area contributed by atoms with Crippen LogP contribution in [0.2, 0.25) is 5.02 Å². The maximum absolute atomic E-state index is 14.8. The van der Waals surface area contributed by atoms with Crippen molar-refractivity contribution in [2.24, 2.45) is 0 Å². The van der Waals surface area contributed by atoms with Gasteiger partial charge in [-0.05, 0) is 48.5 Å². The second-order valence-corrected chi connectivity index (χ2v) is 10.7. The fourth-order valence-electron chi connectivity index (χ4n) is 3.94. The van der Waals surface area contributed by atoms with Crippen LogP contribution in [0.3, 0.4) is 0 Å². The number of hydrogen-bond acceptors (Lipinski definition) is 7. The summed E-state index contributed by atoms with van der Waals surface area (Å²) in [6.45, 7) is -1.74. The maximum Gasteiger partial charge on any atom is 0.263 e. The van der Waals surface area contributed by atoms with Crippen LogP contribution in [0.5, 0.6) is 17.2 Å². The molecule has 0 bridgehead atoms. The monoisotopic (exact) mass is 603 g/mol. The fourth-order valence-corrected chi connectivity index (χ4v) is 5.66. The third kappa shape index (κ3) is 5.67. The lowest BCUT2D eigenvalue weighted by Crippen LogP contribution is -2.61. The van der Waals surface area contributed by atoms with E-state index in [9.17, 15) is 45.9 Å². The van der Waals surface area contributed by atoms with Gasteiger partial charge in [-0.1, -0.05) is 11.6 Å². The number of amides is 2. The van der Waals surface area contributed by atoms with Crippen molar-refractivity contribution < 1.29 is 50.6 Å². The van der Waals surface area contributed by atoms with E-state index in [0.29, 0.717) is 33.6 Å². The number of phenols is 1. The highest BCUT2D eigenvalue weighted by atomic mass is 35.5. The van der Waals surface area contributed by atoms with Gasteiger partial charge in [0.15, 0.2) is 34.8 Å². The minimum atomic E-state index is -4.82. The Morgan fingerprint density at radius 1 is 0.950 bits per heavy atom. The smallest absolute Gasteiger partial charge is 0.263 e. The number of hydroxylamine groups is 1. The van der Waals surface area contributed by atoms with Crippen molar-refractivity contribution in [1.29, 1.82) is 0 Å². The second kappa shape index (κ2) is 11.3. The van der Waals surface area contributed by atoms with E-state index in [1.807, 2.05) is 0 Å². The molecule has 1 heterocycles. The van der Waals surface area contributed by atoms with Gasteiger partial charge in [-0.15, -0.1) is 0 Å². The molecule has 1 aliphatic heterocycles.